The Hall–Kier alpha value is -0.930. The highest BCUT2D eigenvalue weighted by molar-refractivity contribution is 5.03. The van der Waals surface area contributed by atoms with Crippen molar-refractivity contribution in [3.05, 3.63) is 30.1 Å². The summed E-state index contributed by atoms with van der Waals surface area (Å²) in [5.74, 6) is 0.805. The third-order valence-corrected chi connectivity index (χ3v) is 4.36. The lowest BCUT2D eigenvalue weighted by Crippen LogP contribution is -2.45. The van der Waals surface area contributed by atoms with E-state index in [9.17, 15) is 0 Å². The second-order valence-electron chi connectivity index (χ2n) is 6.02. The first-order valence-corrected chi connectivity index (χ1v) is 8.15. The van der Waals surface area contributed by atoms with Crippen LogP contribution < -0.4 is 5.32 Å². The molecule has 0 spiro atoms. The van der Waals surface area contributed by atoms with Crippen molar-refractivity contribution < 1.29 is 0 Å². The summed E-state index contributed by atoms with van der Waals surface area (Å²) in [6.07, 6.45) is 6.90. The molecular formula is C17H29N3. The van der Waals surface area contributed by atoms with E-state index in [-0.39, 0.29) is 0 Å². The molecule has 1 aliphatic rings. The summed E-state index contributed by atoms with van der Waals surface area (Å²) in [6, 6.07) is 6.76. The Bertz CT molecular complexity index is 364. The monoisotopic (exact) mass is 275 g/mol. The maximum atomic E-state index is 4.38. The molecule has 2 unspecified atom stereocenters. The number of hydrogen-bond donors (Lipinski definition) is 1. The smallest absolute Gasteiger partial charge is 0.0416 e. The Kier molecular flexibility index (Phi) is 6.48. The van der Waals surface area contributed by atoms with E-state index < -0.39 is 0 Å². The molecule has 0 aromatic carbocycles. The number of aromatic nitrogens is 1. The highest BCUT2D eigenvalue weighted by atomic mass is 15.1. The largest absolute Gasteiger partial charge is 0.314 e. The molecule has 112 valence electrons. The van der Waals surface area contributed by atoms with Crippen LogP contribution in [0.15, 0.2) is 24.4 Å². The Labute approximate surface area is 123 Å². The first kappa shape index (κ1) is 15.5. The normalized spacial score (nSPS) is 21.8. The SMILES string of the molecule is CCCN1CCCC(C(C)NCCc2ccccn2)C1. The number of hydrogen-bond acceptors (Lipinski definition) is 3. The lowest BCUT2D eigenvalue weighted by molar-refractivity contribution is 0.151. The van der Waals surface area contributed by atoms with Crippen LogP contribution in [0.1, 0.15) is 38.8 Å². The second-order valence-corrected chi connectivity index (χ2v) is 6.02. The van der Waals surface area contributed by atoms with Crippen molar-refractivity contribution in [2.24, 2.45) is 5.92 Å². The Balaban J connectivity index is 1.70. The highest BCUT2D eigenvalue weighted by Crippen LogP contribution is 2.19. The summed E-state index contributed by atoms with van der Waals surface area (Å²) in [5.41, 5.74) is 1.18. The molecule has 20 heavy (non-hydrogen) atoms. The van der Waals surface area contributed by atoms with E-state index in [0.717, 1.165) is 18.9 Å². The van der Waals surface area contributed by atoms with Crippen molar-refractivity contribution in [3.63, 3.8) is 0 Å². The van der Waals surface area contributed by atoms with E-state index in [0.29, 0.717) is 6.04 Å². The predicted octanol–water partition coefficient (Wildman–Crippen LogP) is 2.72. The molecule has 1 aromatic rings. The number of rotatable bonds is 7. The fraction of sp³-hybridized carbons (Fsp3) is 0.706. The number of piperidine rings is 1. The summed E-state index contributed by atoms with van der Waals surface area (Å²) in [6.45, 7) is 9.48. The number of pyridine rings is 1. The Morgan fingerprint density at radius 2 is 2.35 bits per heavy atom. The van der Waals surface area contributed by atoms with Gasteiger partial charge in [-0.3, -0.25) is 4.98 Å². The molecule has 3 heteroatoms. The minimum atomic E-state index is 0.610. The summed E-state index contributed by atoms with van der Waals surface area (Å²) < 4.78 is 0. The zero-order valence-electron chi connectivity index (χ0n) is 13.0. The van der Waals surface area contributed by atoms with Gasteiger partial charge in [-0.2, -0.15) is 0 Å². The zero-order valence-corrected chi connectivity index (χ0v) is 13.0. The molecule has 2 rings (SSSR count). The van der Waals surface area contributed by atoms with Gasteiger partial charge in [0.1, 0.15) is 0 Å². The van der Waals surface area contributed by atoms with E-state index >= 15 is 0 Å². The lowest BCUT2D eigenvalue weighted by atomic mass is 9.91. The van der Waals surface area contributed by atoms with Crippen LogP contribution in [0.5, 0.6) is 0 Å². The van der Waals surface area contributed by atoms with Crippen molar-refractivity contribution >= 4 is 0 Å². The minimum Gasteiger partial charge on any atom is -0.314 e. The third kappa shape index (κ3) is 4.88. The van der Waals surface area contributed by atoms with Gasteiger partial charge in [0.25, 0.3) is 0 Å². The summed E-state index contributed by atoms with van der Waals surface area (Å²) >= 11 is 0. The molecule has 0 saturated carbocycles. The molecule has 0 amide bonds. The molecule has 1 fully saturated rings. The molecule has 2 atom stereocenters. The number of nitrogens with one attached hydrogen (secondary N) is 1. The van der Waals surface area contributed by atoms with Gasteiger partial charge >= 0.3 is 0 Å². The molecule has 0 aliphatic carbocycles. The van der Waals surface area contributed by atoms with Crippen LogP contribution in [0.4, 0.5) is 0 Å². The lowest BCUT2D eigenvalue weighted by Gasteiger charge is -2.36. The first-order chi connectivity index (χ1) is 9.79. The predicted molar refractivity (Wildman–Crippen MR) is 84.9 cm³/mol. The molecule has 1 N–H and O–H groups in total. The topological polar surface area (TPSA) is 28.2 Å². The molecular weight excluding hydrogens is 246 g/mol. The molecule has 1 saturated heterocycles. The standard InChI is InChI=1S/C17H29N3/c1-3-12-20-13-6-7-16(14-20)15(2)18-11-9-17-8-4-5-10-19-17/h4-5,8,10,15-16,18H,3,6-7,9,11-14H2,1-2H3. The molecule has 2 heterocycles. The van der Waals surface area contributed by atoms with E-state index in [2.05, 4.69) is 41.2 Å². The Morgan fingerprint density at radius 3 is 3.10 bits per heavy atom. The van der Waals surface area contributed by atoms with Gasteiger partial charge in [-0.1, -0.05) is 13.0 Å². The van der Waals surface area contributed by atoms with E-state index in [4.69, 9.17) is 0 Å². The van der Waals surface area contributed by atoms with Crippen molar-refractivity contribution in [1.29, 1.82) is 0 Å². The van der Waals surface area contributed by atoms with Crippen LogP contribution in [0.3, 0.4) is 0 Å². The van der Waals surface area contributed by atoms with Gasteiger partial charge in [-0.15, -0.1) is 0 Å². The zero-order chi connectivity index (χ0) is 14.2. The summed E-state index contributed by atoms with van der Waals surface area (Å²) in [5, 5.41) is 3.70. The Morgan fingerprint density at radius 1 is 1.45 bits per heavy atom. The average Bonchev–Trinajstić information content (AvgIpc) is 2.49. The van der Waals surface area contributed by atoms with E-state index in [1.807, 2.05) is 12.3 Å². The van der Waals surface area contributed by atoms with Crippen LogP contribution >= 0.6 is 0 Å². The first-order valence-electron chi connectivity index (χ1n) is 8.15. The van der Waals surface area contributed by atoms with Gasteiger partial charge in [0.15, 0.2) is 0 Å². The fourth-order valence-electron chi connectivity index (χ4n) is 3.16. The second kappa shape index (κ2) is 8.38. The average molecular weight is 275 g/mol. The third-order valence-electron chi connectivity index (χ3n) is 4.36. The van der Waals surface area contributed by atoms with Gasteiger partial charge in [-0.05, 0) is 57.3 Å². The van der Waals surface area contributed by atoms with Crippen LogP contribution in [-0.4, -0.2) is 42.1 Å². The van der Waals surface area contributed by atoms with Gasteiger partial charge in [0, 0.05) is 37.4 Å². The van der Waals surface area contributed by atoms with Crippen molar-refractivity contribution in [3.8, 4) is 0 Å². The summed E-state index contributed by atoms with van der Waals surface area (Å²) in [4.78, 5) is 7.01. The maximum Gasteiger partial charge on any atom is 0.0416 e. The van der Waals surface area contributed by atoms with E-state index in [1.165, 1.54) is 44.6 Å². The molecule has 0 radical (unpaired) electrons. The molecule has 1 aromatic heterocycles. The number of likely N-dealkylation sites (tertiary alicyclic amines) is 1. The van der Waals surface area contributed by atoms with Crippen LogP contribution in [0.25, 0.3) is 0 Å². The van der Waals surface area contributed by atoms with Gasteiger partial charge in [0.2, 0.25) is 0 Å². The van der Waals surface area contributed by atoms with Gasteiger partial charge < -0.3 is 10.2 Å². The highest BCUT2D eigenvalue weighted by Gasteiger charge is 2.23. The van der Waals surface area contributed by atoms with Crippen molar-refractivity contribution in [1.82, 2.24) is 15.2 Å². The van der Waals surface area contributed by atoms with Crippen molar-refractivity contribution in [2.75, 3.05) is 26.2 Å². The molecule has 0 bridgehead atoms. The molecule has 1 aliphatic heterocycles. The van der Waals surface area contributed by atoms with E-state index in [1.54, 1.807) is 0 Å². The number of nitrogens with zero attached hydrogens (tertiary/aromatic N) is 2. The molecule has 3 nitrogen and oxygen atoms in total. The van der Waals surface area contributed by atoms with Crippen LogP contribution in [0.2, 0.25) is 0 Å². The van der Waals surface area contributed by atoms with Crippen LogP contribution in [-0.2, 0) is 6.42 Å². The summed E-state index contributed by atoms with van der Waals surface area (Å²) in [7, 11) is 0. The maximum absolute atomic E-state index is 4.38. The van der Waals surface area contributed by atoms with Crippen molar-refractivity contribution in [2.45, 2.75) is 45.6 Å². The minimum absolute atomic E-state index is 0.610. The van der Waals surface area contributed by atoms with Crippen LogP contribution in [0, 0.1) is 5.92 Å². The van der Waals surface area contributed by atoms with Gasteiger partial charge in [0.05, 0.1) is 0 Å². The van der Waals surface area contributed by atoms with Gasteiger partial charge in [-0.25, -0.2) is 0 Å². The fourth-order valence-corrected chi connectivity index (χ4v) is 3.16. The quantitative estimate of drug-likeness (QED) is 0.829.